The third kappa shape index (κ3) is 2.71. The van der Waals surface area contributed by atoms with Gasteiger partial charge < -0.3 is 10.2 Å². The third-order valence-electron chi connectivity index (χ3n) is 2.36. The summed E-state index contributed by atoms with van der Waals surface area (Å²) in [5.41, 5.74) is 6.82. The second-order valence-electron chi connectivity index (χ2n) is 4.07. The molecule has 1 unspecified atom stereocenters. The molecule has 2 rings (SSSR count). The quantitative estimate of drug-likeness (QED) is 0.887. The minimum absolute atomic E-state index is 0.232. The molecule has 2 N–H and O–H groups in total. The minimum Gasteiger partial charge on any atom is -0.459 e. The van der Waals surface area contributed by atoms with E-state index in [1.54, 1.807) is 11.3 Å². The molecule has 0 bridgehead atoms. The largest absolute Gasteiger partial charge is 0.459 e. The highest BCUT2D eigenvalue weighted by Crippen LogP contribution is 2.25. The Morgan fingerprint density at radius 2 is 2.31 bits per heavy atom. The van der Waals surface area contributed by atoms with Crippen molar-refractivity contribution in [2.75, 3.05) is 0 Å². The fourth-order valence-electron chi connectivity index (χ4n) is 1.46. The average Bonchev–Trinajstić information content (AvgIpc) is 2.83. The summed E-state index contributed by atoms with van der Waals surface area (Å²) in [4.78, 5) is 4.54. The fraction of sp³-hybridized carbons (Fsp3) is 0.417. The third-order valence-corrected chi connectivity index (χ3v) is 3.26. The van der Waals surface area contributed by atoms with Gasteiger partial charge in [0, 0.05) is 11.4 Å². The maximum Gasteiger partial charge on any atom is 0.162 e. The number of hydrogen-bond acceptors (Lipinski definition) is 4. The van der Waals surface area contributed by atoms with Crippen LogP contribution in [0.25, 0.3) is 10.8 Å². The van der Waals surface area contributed by atoms with Crippen LogP contribution in [0, 0.1) is 6.92 Å². The zero-order valence-electron chi connectivity index (χ0n) is 9.56. The van der Waals surface area contributed by atoms with Crippen molar-refractivity contribution in [1.82, 2.24) is 4.98 Å². The number of aryl methyl sites for hydroxylation is 2. The molecule has 16 heavy (non-hydrogen) atoms. The first kappa shape index (κ1) is 11.4. The van der Waals surface area contributed by atoms with Crippen LogP contribution in [0.15, 0.2) is 21.9 Å². The van der Waals surface area contributed by atoms with E-state index in [0.29, 0.717) is 0 Å². The lowest BCUT2D eigenvalue weighted by molar-refractivity contribution is 0.547. The number of aromatic nitrogens is 1. The molecular formula is C12H16N2OS. The second-order valence-corrected chi connectivity index (χ2v) is 4.93. The van der Waals surface area contributed by atoms with E-state index < -0.39 is 0 Å². The number of furan rings is 1. The van der Waals surface area contributed by atoms with Gasteiger partial charge in [0.05, 0.1) is 5.69 Å². The van der Waals surface area contributed by atoms with Crippen molar-refractivity contribution in [3.63, 3.8) is 0 Å². The molecule has 1 atom stereocenters. The van der Waals surface area contributed by atoms with Gasteiger partial charge in [0.25, 0.3) is 0 Å². The standard InChI is InChI=1S/C12H16N2OS/c1-8(13)3-5-10-7-16-12(14-10)11-6-4-9(2)15-11/h4,6-8H,3,5,13H2,1-2H3. The summed E-state index contributed by atoms with van der Waals surface area (Å²) >= 11 is 1.62. The maximum atomic E-state index is 5.72. The molecule has 0 saturated carbocycles. The highest BCUT2D eigenvalue weighted by molar-refractivity contribution is 7.13. The Morgan fingerprint density at radius 1 is 1.50 bits per heavy atom. The van der Waals surface area contributed by atoms with E-state index in [1.807, 2.05) is 26.0 Å². The van der Waals surface area contributed by atoms with E-state index >= 15 is 0 Å². The van der Waals surface area contributed by atoms with Gasteiger partial charge in [0.1, 0.15) is 5.76 Å². The van der Waals surface area contributed by atoms with Crippen molar-refractivity contribution >= 4 is 11.3 Å². The van der Waals surface area contributed by atoms with Crippen molar-refractivity contribution in [3.05, 3.63) is 29.0 Å². The van der Waals surface area contributed by atoms with Crippen LogP contribution in [0.3, 0.4) is 0 Å². The molecule has 0 spiro atoms. The smallest absolute Gasteiger partial charge is 0.162 e. The summed E-state index contributed by atoms with van der Waals surface area (Å²) in [6, 6.07) is 4.15. The number of nitrogens with two attached hydrogens (primary N) is 1. The van der Waals surface area contributed by atoms with Gasteiger partial charge >= 0.3 is 0 Å². The van der Waals surface area contributed by atoms with Gasteiger partial charge in [0.2, 0.25) is 0 Å². The van der Waals surface area contributed by atoms with Crippen molar-refractivity contribution in [2.24, 2.45) is 5.73 Å². The highest BCUT2D eigenvalue weighted by atomic mass is 32.1. The molecule has 2 heterocycles. The lowest BCUT2D eigenvalue weighted by atomic mass is 10.2. The molecule has 2 aromatic heterocycles. The molecule has 0 aromatic carbocycles. The Morgan fingerprint density at radius 3 is 2.94 bits per heavy atom. The first-order chi connectivity index (χ1) is 7.65. The molecule has 0 aliphatic heterocycles. The van der Waals surface area contributed by atoms with Crippen LogP contribution in [0.1, 0.15) is 24.8 Å². The van der Waals surface area contributed by atoms with E-state index in [0.717, 1.165) is 35.1 Å². The van der Waals surface area contributed by atoms with Gasteiger partial charge in [0.15, 0.2) is 10.8 Å². The summed E-state index contributed by atoms with van der Waals surface area (Å²) in [6.07, 6.45) is 1.91. The highest BCUT2D eigenvalue weighted by Gasteiger charge is 2.08. The molecule has 4 heteroatoms. The maximum absolute atomic E-state index is 5.72. The Balaban J connectivity index is 2.07. The molecule has 2 aromatic rings. The Hall–Kier alpha value is -1.13. The second kappa shape index (κ2) is 4.80. The van der Waals surface area contributed by atoms with E-state index in [4.69, 9.17) is 10.2 Å². The first-order valence-corrected chi connectivity index (χ1v) is 6.30. The summed E-state index contributed by atoms with van der Waals surface area (Å²) < 4.78 is 5.53. The van der Waals surface area contributed by atoms with Gasteiger partial charge in [-0.25, -0.2) is 4.98 Å². The van der Waals surface area contributed by atoms with Crippen molar-refractivity contribution in [3.8, 4) is 10.8 Å². The number of nitrogens with zero attached hydrogens (tertiary/aromatic N) is 1. The Bertz CT molecular complexity index is 459. The molecule has 86 valence electrons. The van der Waals surface area contributed by atoms with E-state index in [2.05, 4.69) is 10.4 Å². The van der Waals surface area contributed by atoms with Gasteiger partial charge in [-0.3, -0.25) is 0 Å². The van der Waals surface area contributed by atoms with Gasteiger partial charge in [-0.1, -0.05) is 0 Å². The minimum atomic E-state index is 0.232. The Kier molecular flexibility index (Phi) is 3.41. The summed E-state index contributed by atoms with van der Waals surface area (Å²) in [7, 11) is 0. The van der Waals surface area contributed by atoms with Crippen LogP contribution in [0.4, 0.5) is 0 Å². The molecule has 0 radical (unpaired) electrons. The van der Waals surface area contributed by atoms with Crippen LogP contribution in [0.5, 0.6) is 0 Å². The normalized spacial score (nSPS) is 12.9. The van der Waals surface area contributed by atoms with Crippen LogP contribution < -0.4 is 5.73 Å². The fourth-order valence-corrected chi connectivity index (χ4v) is 2.27. The van der Waals surface area contributed by atoms with E-state index in [9.17, 15) is 0 Å². The molecule has 0 amide bonds. The first-order valence-electron chi connectivity index (χ1n) is 5.42. The molecular weight excluding hydrogens is 220 g/mol. The molecule has 0 aliphatic rings. The summed E-state index contributed by atoms with van der Waals surface area (Å²) in [5.74, 6) is 1.77. The lowest BCUT2D eigenvalue weighted by Crippen LogP contribution is -2.15. The van der Waals surface area contributed by atoms with Crippen molar-refractivity contribution in [2.45, 2.75) is 32.7 Å². The zero-order chi connectivity index (χ0) is 11.5. The molecule has 3 nitrogen and oxygen atoms in total. The SMILES string of the molecule is Cc1ccc(-c2nc(CCC(C)N)cs2)o1. The number of thiazole rings is 1. The van der Waals surface area contributed by atoms with Crippen LogP contribution in [-0.4, -0.2) is 11.0 Å². The van der Waals surface area contributed by atoms with E-state index in [1.165, 1.54) is 0 Å². The Labute approximate surface area is 99.3 Å². The zero-order valence-corrected chi connectivity index (χ0v) is 10.4. The van der Waals surface area contributed by atoms with Crippen LogP contribution in [0.2, 0.25) is 0 Å². The van der Waals surface area contributed by atoms with Crippen molar-refractivity contribution < 1.29 is 4.42 Å². The number of hydrogen-bond donors (Lipinski definition) is 1. The topological polar surface area (TPSA) is 52.0 Å². The molecule has 0 aliphatic carbocycles. The summed E-state index contributed by atoms with van der Waals surface area (Å²) in [5, 5.41) is 3.03. The molecule has 0 fully saturated rings. The lowest BCUT2D eigenvalue weighted by Gasteiger charge is -2.00. The van der Waals surface area contributed by atoms with Crippen molar-refractivity contribution in [1.29, 1.82) is 0 Å². The van der Waals surface area contributed by atoms with Gasteiger partial charge in [-0.15, -0.1) is 11.3 Å². The number of rotatable bonds is 4. The van der Waals surface area contributed by atoms with E-state index in [-0.39, 0.29) is 6.04 Å². The predicted molar refractivity (Wildman–Crippen MR) is 66.5 cm³/mol. The summed E-state index contributed by atoms with van der Waals surface area (Å²) in [6.45, 7) is 3.96. The predicted octanol–water partition coefficient (Wildman–Crippen LogP) is 2.99. The van der Waals surface area contributed by atoms with Crippen LogP contribution in [-0.2, 0) is 6.42 Å². The molecule has 0 saturated heterocycles. The monoisotopic (exact) mass is 236 g/mol. The average molecular weight is 236 g/mol. The van der Waals surface area contributed by atoms with Gasteiger partial charge in [-0.05, 0) is 38.8 Å². The van der Waals surface area contributed by atoms with Crippen LogP contribution >= 0.6 is 11.3 Å². The van der Waals surface area contributed by atoms with Gasteiger partial charge in [-0.2, -0.15) is 0 Å².